The van der Waals surface area contributed by atoms with E-state index < -0.39 is 21.3 Å². The molecule has 0 unspecified atom stereocenters. The Morgan fingerprint density at radius 1 is 1.05 bits per heavy atom. The minimum Gasteiger partial charge on any atom is -0.479 e. The number of pyridine rings is 4. The molecule has 0 aromatic carbocycles. The van der Waals surface area contributed by atoms with Crippen molar-refractivity contribution in [2.24, 2.45) is 0 Å². The van der Waals surface area contributed by atoms with Crippen LogP contribution in [0.2, 0.25) is 0 Å². The number of rotatable bonds is 6. The summed E-state index contributed by atoms with van der Waals surface area (Å²) in [5, 5.41) is 5.45. The number of sulfone groups is 1. The van der Waals surface area contributed by atoms with Crippen LogP contribution in [0.25, 0.3) is 22.4 Å². The lowest BCUT2D eigenvalue weighted by atomic mass is 10.1. The Morgan fingerprint density at radius 2 is 1.85 bits per heavy atom. The molecule has 1 aliphatic rings. The Kier molecular flexibility index (Phi) is 6.84. The van der Waals surface area contributed by atoms with Gasteiger partial charge in [-0.1, -0.05) is 0 Å². The largest absolute Gasteiger partial charge is 0.479 e. The Balaban J connectivity index is 1.62. The molecule has 13 heteroatoms. The SMILES string of the molecule is CC(=O)Nc1cc(Nc2cc(-c3cnccc3F)cc(S(C)(=O)=O)n2)c(-c2ccc3c(n2)OCC(C)(C)O3)cn1. The average molecular weight is 565 g/mol. The van der Waals surface area contributed by atoms with Crippen LogP contribution in [0, 0.1) is 5.82 Å². The molecule has 0 spiro atoms. The van der Waals surface area contributed by atoms with Crippen LogP contribution in [0.1, 0.15) is 20.8 Å². The molecule has 0 atom stereocenters. The molecular formula is C27H25FN6O5S. The molecule has 0 saturated carbocycles. The van der Waals surface area contributed by atoms with Gasteiger partial charge in [-0.15, -0.1) is 0 Å². The van der Waals surface area contributed by atoms with E-state index in [1.165, 1.54) is 43.7 Å². The fraction of sp³-hybridized carbons (Fsp3) is 0.222. The predicted molar refractivity (Wildman–Crippen MR) is 146 cm³/mol. The molecule has 0 saturated heterocycles. The van der Waals surface area contributed by atoms with Gasteiger partial charge in [-0.3, -0.25) is 9.78 Å². The van der Waals surface area contributed by atoms with Crippen LogP contribution in [-0.2, 0) is 14.6 Å². The maximum atomic E-state index is 14.6. The fourth-order valence-corrected chi connectivity index (χ4v) is 4.59. The molecule has 2 N–H and O–H groups in total. The van der Waals surface area contributed by atoms with E-state index in [0.29, 0.717) is 35.2 Å². The van der Waals surface area contributed by atoms with E-state index >= 15 is 0 Å². The van der Waals surface area contributed by atoms with E-state index in [9.17, 15) is 17.6 Å². The topological polar surface area (TPSA) is 145 Å². The zero-order valence-corrected chi connectivity index (χ0v) is 22.8. The summed E-state index contributed by atoms with van der Waals surface area (Å²) in [6, 6.07) is 8.96. The maximum absolute atomic E-state index is 14.6. The number of aromatic nitrogens is 4. The van der Waals surface area contributed by atoms with Gasteiger partial charge in [0.1, 0.15) is 29.7 Å². The molecular weight excluding hydrogens is 539 g/mol. The number of carbonyl (C=O) groups is 1. The van der Waals surface area contributed by atoms with Crippen molar-refractivity contribution in [3.63, 3.8) is 0 Å². The van der Waals surface area contributed by atoms with E-state index in [4.69, 9.17) is 9.47 Å². The van der Waals surface area contributed by atoms with Gasteiger partial charge in [0.15, 0.2) is 20.6 Å². The van der Waals surface area contributed by atoms with Gasteiger partial charge in [0.2, 0.25) is 5.91 Å². The van der Waals surface area contributed by atoms with Gasteiger partial charge >= 0.3 is 0 Å². The fourth-order valence-electron chi connectivity index (χ4n) is 3.98. The molecule has 206 valence electrons. The van der Waals surface area contributed by atoms with Crippen LogP contribution in [0.4, 0.5) is 21.7 Å². The number of ether oxygens (including phenoxy) is 2. The summed E-state index contributed by atoms with van der Waals surface area (Å²) in [5.74, 6) is 0.214. The van der Waals surface area contributed by atoms with Crippen molar-refractivity contribution in [3.8, 4) is 34.0 Å². The quantitative estimate of drug-likeness (QED) is 0.346. The number of anilines is 3. The molecule has 1 aliphatic heterocycles. The van der Waals surface area contributed by atoms with E-state index in [0.717, 1.165) is 6.26 Å². The lowest BCUT2D eigenvalue weighted by Crippen LogP contribution is -2.39. The Morgan fingerprint density at radius 3 is 2.58 bits per heavy atom. The van der Waals surface area contributed by atoms with Crippen molar-refractivity contribution < 1.29 is 27.1 Å². The Labute approximate surface area is 229 Å². The first-order valence-corrected chi connectivity index (χ1v) is 14.0. The summed E-state index contributed by atoms with van der Waals surface area (Å²) in [6.45, 7) is 5.45. The van der Waals surface area contributed by atoms with Gasteiger partial charge in [-0.05, 0) is 49.7 Å². The first kappa shape index (κ1) is 26.9. The van der Waals surface area contributed by atoms with Gasteiger partial charge in [0, 0.05) is 49.0 Å². The summed E-state index contributed by atoms with van der Waals surface area (Å²) in [6.07, 6.45) is 5.10. The van der Waals surface area contributed by atoms with E-state index in [2.05, 4.69) is 30.6 Å². The number of halogens is 1. The molecule has 11 nitrogen and oxygen atoms in total. The Bertz CT molecular complexity index is 1750. The molecule has 4 aromatic heterocycles. The second-order valence-electron chi connectivity index (χ2n) is 9.78. The van der Waals surface area contributed by atoms with Crippen molar-refractivity contribution in [2.75, 3.05) is 23.5 Å². The van der Waals surface area contributed by atoms with Crippen molar-refractivity contribution in [3.05, 3.63) is 60.8 Å². The predicted octanol–water partition coefficient (Wildman–Crippen LogP) is 4.40. The molecule has 1 amide bonds. The number of fused-ring (bicyclic) bond motifs is 1. The molecule has 0 radical (unpaired) electrons. The molecule has 5 heterocycles. The summed E-state index contributed by atoms with van der Waals surface area (Å²) < 4.78 is 51.3. The van der Waals surface area contributed by atoms with Crippen molar-refractivity contribution in [1.29, 1.82) is 0 Å². The molecule has 0 fully saturated rings. The lowest BCUT2D eigenvalue weighted by Gasteiger charge is -2.31. The first-order chi connectivity index (χ1) is 18.9. The normalized spacial score (nSPS) is 13.9. The van der Waals surface area contributed by atoms with Gasteiger partial charge in [0.25, 0.3) is 5.88 Å². The van der Waals surface area contributed by atoms with Gasteiger partial charge in [-0.2, -0.15) is 0 Å². The minimum atomic E-state index is -3.77. The first-order valence-electron chi connectivity index (χ1n) is 12.1. The second kappa shape index (κ2) is 10.2. The summed E-state index contributed by atoms with van der Waals surface area (Å²) in [5.41, 5.74) is 1.19. The molecule has 0 bridgehead atoms. The van der Waals surface area contributed by atoms with Crippen LogP contribution in [0.15, 0.2) is 60.0 Å². The maximum Gasteiger partial charge on any atom is 0.257 e. The zero-order valence-electron chi connectivity index (χ0n) is 22.0. The van der Waals surface area contributed by atoms with Crippen LogP contribution in [0.3, 0.4) is 0 Å². The standard InChI is InChI=1S/C27H25FN6O5S/c1-15(35)31-23-11-21(18(13-30-23)20-5-6-22-26(33-20)38-14-27(2,3)39-22)32-24-9-16(10-25(34-24)40(4,36)37)17-12-29-8-7-19(17)28/h5-13H,14H2,1-4H3,(H2,30,31,32,34,35). The third-order valence-corrected chi connectivity index (χ3v) is 6.74. The number of hydrogen-bond donors (Lipinski definition) is 2. The molecule has 0 aliphatic carbocycles. The lowest BCUT2D eigenvalue weighted by molar-refractivity contribution is -0.114. The van der Waals surface area contributed by atoms with Crippen LogP contribution in [-0.4, -0.2) is 52.7 Å². The van der Waals surface area contributed by atoms with Crippen LogP contribution >= 0.6 is 0 Å². The summed E-state index contributed by atoms with van der Waals surface area (Å²) in [4.78, 5) is 28.8. The number of nitrogens with one attached hydrogen (secondary N) is 2. The molecule has 5 rings (SSSR count). The van der Waals surface area contributed by atoms with Gasteiger partial charge in [-0.25, -0.2) is 27.8 Å². The highest BCUT2D eigenvalue weighted by molar-refractivity contribution is 7.90. The number of carbonyl (C=O) groups excluding carboxylic acids is 1. The number of nitrogens with zero attached hydrogens (tertiary/aromatic N) is 4. The third kappa shape index (κ3) is 5.83. The smallest absolute Gasteiger partial charge is 0.257 e. The monoisotopic (exact) mass is 564 g/mol. The highest BCUT2D eigenvalue weighted by atomic mass is 32.2. The van der Waals surface area contributed by atoms with Crippen molar-refractivity contribution >= 4 is 33.1 Å². The summed E-state index contributed by atoms with van der Waals surface area (Å²) >= 11 is 0. The Hall–Kier alpha value is -4.65. The third-order valence-electron chi connectivity index (χ3n) is 5.78. The molecule has 4 aromatic rings. The number of hydrogen-bond acceptors (Lipinski definition) is 10. The number of amides is 1. The van der Waals surface area contributed by atoms with Gasteiger partial charge < -0.3 is 20.1 Å². The second-order valence-corrected chi connectivity index (χ2v) is 11.7. The molecule has 40 heavy (non-hydrogen) atoms. The van der Waals surface area contributed by atoms with E-state index in [1.807, 2.05) is 13.8 Å². The van der Waals surface area contributed by atoms with Crippen molar-refractivity contribution in [1.82, 2.24) is 19.9 Å². The highest BCUT2D eigenvalue weighted by Crippen LogP contribution is 2.38. The zero-order chi connectivity index (χ0) is 28.7. The van der Waals surface area contributed by atoms with E-state index in [1.54, 1.807) is 18.2 Å². The highest BCUT2D eigenvalue weighted by Gasteiger charge is 2.29. The van der Waals surface area contributed by atoms with Crippen LogP contribution < -0.4 is 20.1 Å². The van der Waals surface area contributed by atoms with Crippen LogP contribution in [0.5, 0.6) is 11.6 Å². The van der Waals surface area contributed by atoms with Crippen molar-refractivity contribution in [2.45, 2.75) is 31.4 Å². The summed E-state index contributed by atoms with van der Waals surface area (Å²) in [7, 11) is -3.77. The average Bonchev–Trinajstić information content (AvgIpc) is 2.87. The van der Waals surface area contributed by atoms with Gasteiger partial charge in [0.05, 0.1) is 11.4 Å². The van der Waals surface area contributed by atoms with E-state index in [-0.39, 0.29) is 33.7 Å². The minimum absolute atomic E-state index is 0.0988.